The zero-order chi connectivity index (χ0) is 13.6. The number of aliphatic imine (C=N–C) groups is 1. The zero-order valence-electron chi connectivity index (χ0n) is 12.1. The van der Waals surface area contributed by atoms with Gasteiger partial charge < -0.3 is 10.6 Å². The highest BCUT2D eigenvalue weighted by Gasteiger charge is 2.23. The summed E-state index contributed by atoms with van der Waals surface area (Å²) in [5.41, 5.74) is 1.31. The smallest absolute Gasteiger partial charge is 0.118 e. The van der Waals surface area contributed by atoms with Gasteiger partial charge in [-0.15, -0.1) is 0 Å². The van der Waals surface area contributed by atoms with E-state index in [1.807, 2.05) is 0 Å². The molecule has 1 saturated carbocycles. The Balaban J connectivity index is 1.70. The molecule has 0 amide bonds. The monoisotopic (exact) mass is 271 g/mol. The third-order valence-corrected chi connectivity index (χ3v) is 4.36. The molecule has 3 rings (SSSR count). The quantitative estimate of drug-likeness (QED) is 0.811. The summed E-state index contributed by atoms with van der Waals surface area (Å²) >= 11 is 0. The number of benzene rings is 1. The number of rotatable bonds is 2. The standard InChI is InChI=1S/C17H25N3/c1-2-7-11-15(10-6-1)20-17-16(18-12-13-19-17)14-8-4-3-5-9-14/h3-5,8-9,15-16,18H,1-2,6-7,10-13H2,(H,19,20)/t16-/m0/s1. The molecular weight excluding hydrogens is 246 g/mol. The van der Waals surface area contributed by atoms with E-state index in [0.29, 0.717) is 6.04 Å². The molecule has 1 aliphatic carbocycles. The van der Waals surface area contributed by atoms with Crippen molar-refractivity contribution in [3.8, 4) is 0 Å². The summed E-state index contributed by atoms with van der Waals surface area (Å²) in [6.45, 7) is 1.85. The molecule has 1 atom stereocenters. The minimum atomic E-state index is 0.244. The number of nitrogens with zero attached hydrogens (tertiary/aromatic N) is 1. The molecule has 3 nitrogen and oxygen atoms in total. The lowest BCUT2D eigenvalue weighted by molar-refractivity contribution is 0.506. The van der Waals surface area contributed by atoms with Gasteiger partial charge in [0.2, 0.25) is 0 Å². The molecule has 1 aromatic carbocycles. The first-order chi connectivity index (χ1) is 9.93. The summed E-state index contributed by atoms with van der Waals surface area (Å²) in [4.78, 5) is 4.76. The van der Waals surface area contributed by atoms with Crippen LogP contribution >= 0.6 is 0 Å². The Morgan fingerprint density at radius 3 is 2.50 bits per heavy atom. The van der Waals surface area contributed by atoms with Gasteiger partial charge in [-0.1, -0.05) is 56.0 Å². The van der Waals surface area contributed by atoms with Gasteiger partial charge >= 0.3 is 0 Å². The fourth-order valence-electron chi connectivity index (χ4n) is 3.26. The maximum absolute atomic E-state index is 4.76. The normalized spacial score (nSPS) is 24.8. The molecule has 0 aromatic heterocycles. The molecule has 0 bridgehead atoms. The Morgan fingerprint density at radius 1 is 1.00 bits per heavy atom. The number of nitrogens with one attached hydrogen (secondary N) is 2. The summed E-state index contributed by atoms with van der Waals surface area (Å²) < 4.78 is 0. The van der Waals surface area contributed by atoms with Crippen molar-refractivity contribution in [3.63, 3.8) is 0 Å². The van der Waals surface area contributed by atoms with E-state index in [2.05, 4.69) is 41.0 Å². The van der Waals surface area contributed by atoms with E-state index >= 15 is 0 Å². The fourth-order valence-corrected chi connectivity index (χ4v) is 3.26. The Bertz CT molecular complexity index is 433. The van der Waals surface area contributed by atoms with Gasteiger partial charge in [0.25, 0.3) is 0 Å². The zero-order valence-corrected chi connectivity index (χ0v) is 12.1. The van der Waals surface area contributed by atoms with Gasteiger partial charge in [0.05, 0.1) is 12.6 Å². The lowest BCUT2D eigenvalue weighted by Crippen LogP contribution is -2.46. The van der Waals surface area contributed by atoms with Gasteiger partial charge in [0.1, 0.15) is 5.84 Å². The van der Waals surface area contributed by atoms with Crippen LogP contribution in [0.4, 0.5) is 0 Å². The first-order valence-electron chi connectivity index (χ1n) is 8.03. The van der Waals surface area contributed by atoms with Gasteiger partial charge in [-0.05, 0) is 18.4 Å². The van der Waals surface area contributed by atoms with Crippen LogP contribution in [0.3, 0.4) is 0 Å². The van der Waals surface area contributed by atoms with Crippen molar-refractivity contribution in [1.29, 1.82) is 0 Å². The minimum Gasteiger partial charge on any atom is -0.370 e. The second-order valence-electron chi connectivity index (χ2n) is 5.90. The van der Waals surface area contributed by atoms with Crippen LogP contribution in [-0.4, -0.2) is 25.0 Å². The second-order valence-corrected chi connectivity index (χ2v) is 5.90. The molecule has 20 heavy (non-hydrogen) atoms. The van der Waals surface area contributed by atoms with E-state index < -0.39 is 0 Å². The minimum absolute atomic E-state index is 0.244. The molecule has 2 aliphatic rings. The van der Waals surface area contributed by atoms with Gasteiger partial charge in [-0.3, -0.25) is 4.99 Å². The van der Waals surface area contributed by atoms with Crippen LogP contribution in [0.25, 0.3) is 0 Å². The summed E-state index contributed by atoms with van der Waals surface area (Å²) in [7, 11) is 0. The number of hydrogen-bond acceptors (Lipinski definition) is 3. The van der Waals surface area contributed by atoms with Crippen LogP contribution in [-0.2, 0) is 0 Å². The van der Waals surface area contributed by atoms with Crippen LogP contribution in [0.5, 0.6) is 0 Å². The van der Waals surface area contributed by atoms with E-state index in [1.54, 1.807) is 0 Å². The molecule has 1 aromatic rings. The highest BCUT2D eigenvalue weighted by Crippen LogP contribution is 2.20. The van der Waals surface area contributed by atoms with Crippen LogP contribution in [0.1, 0.15) is 50.1 Å². The SMILES string of the molecule is c1ccc([C@@H]2NCCN=C2NC2CCCCCC2)cc1. The molecule has 1 fully saturated rings. The van der Waals surface area contributed by atoms with Crippen molar-refractivity contribution in [2.75, 3.05) is 13.1 Å². The van der Waals surface area contributed by atoms with Crippen LogP contribution < -0.4 is 10.6 Å². The average molecular weight is 271 g/mol. The number of hydrogen-bond donors (Lipinski definition) is 2. The lowest BCUT2D eigenvalue weighted by atomic mass is 10.0. The maximum Gasteiger partial charge on any atom is 0.118 e. The van der Waals surface area contributed by atoms with E-state index in [0.717, 1.165) is 18.9 Å². The number of amidine groups is 1. The fraction of sp³-hybridized carbons (Fsp3) is 0.588. The molecule has 1 aliphatic heterocycles. The Kier molecular flexibility index (Phi) is 4.69. The molecule has 1 heterocycles. The highest BCUT2D eigenvalue weighted by atomic mass is 15.1. The van der Waals surface area contributed by atoms with Gasteiger partial charge in [-0.2, -0.15) is 0 Å². The third kappa shape index (κ3) is 3.40. The Labute approximate surface area is 121 Å². The molecule has 108 valence electrons. The predicted octanol–water partition coefficient (Wildman–Crippen LogP) is 3.04. The van der Waals surface area contributed by atoms with Gasteiger partial charge in [0.15, 0.2) is 0 Å². The van der Waals surface area contributed by atoms with Crippen LogP contribution in [0, 0.1) is 0 Å². The molecular formula is C17H25N3. The molecule has 0 radical (unpaired) electrons. The largest absolute Gasteiger partial charge is 0.370 e. The second kappa shape index (κ2) is 6.89. The van der Waals surface area contributed by atoms with E-state index in [-0.39, 0.29) is 6.04 Å². The molecule has 3 heteroatoms. The van der Waals surface area contributed by atoms with E-state index in [1.165, 1.54) is 44.1 Å². The highest BCUT2D eigenvalue weighted by molar-refractivity contribution is 5.89. The first-order valence-corrected chi connectivity index (χ1v) is 8.03. The van der Waals surface area contributed by atoms with Crippen LogP contribution in [0.2, 0.25) is 0 Å². The summed E-state index contributed by atoms with van der Waals surface area (Å²) in [5.74, 6) is 1.15. The van der Waals surface area contributed by atoms with Gasteiger partial charge in [0, 0.05) is 12.6 Å². The van der Waals surface area contributed by atoms with Crippen molar-refractivity contribution in [3.05, 3.63) is 35.9 Å². The van der Waals surface area contributed by atoms with Crippen molar-refractivity contribution in [2.45, 2.75) is 50.6 Å². The Hall–Kier alpha value is -1.35. The van der Waals surface area contributed by atoms with Gasteiger partial charge in [-0.25, -0.2) is 0 Å². The average Bonchev–Trinajstić information content (AvgIpc) is 2.77. The predicted molar refractivity (Wildman–Crippen MR) is 84.1 cm³/mol. The lowest BCUT2D eigenvalue weighted by Gasteiger charge is -2.29. The maximum atomic E-state index is 4.76. The van der Waals surface area contributed by atoms with Crippen molar-refractivity contribution in [1.82, 2.24) is 10.6 Å². The van der Waals surface area contributed by atoms with Crippen molar-refractivity contribution >= 4 is 5.84 Å². The van der Waals surface area contributed by atoms with Crippen molar-refractivity contribution in [2.24, 2.45) is 4.99 Å². The third-order valence-electron chi connectivity index (χ3n) is 4.36. The van der Waals surface area contributed by atoms with Crippen LogP contribution in [0.15, 0.2) is 35.3 Å². The summed E-state index contributed by atoms with van der Waals surface area (Å²) in [5, 5.41) is 7.33. The van der Waals surface area contributed by atoms with Crippen molar-refractivity contribution < 1.29 is 0 Å². The molecule has 0 unspecified atom stereocenters. The molecule has 0 saturated heterocycles. The molecule has 0 spiro atoms. The Morgan fingerprint density at radius 2 is 1.75 bits per heavy atom. The summed E-state index contributed by atoms with van der Waals surface area (Å²) in [6, 6.07) is 11.5. The van der Waals surface area contributed by atoms with E-state index in [4.69, 9.17) is 4.99 Å². The van der Waals surface area contributed by atoms with E-state index in [9.17, 15) is 0 Å². The molecule has 2 N–H and O–H groups in total. The first kappa shape index (κ1) is 13.6. The summed E-state index contributed by atoms with van der Waals surface area (Å²) in [6.07, 6.45) is 8.08. The topological polar surface area (TPSA) is 36.4 Å².